The van der Waals surface area contributed by atoms with Crippen molar-refractivity contribution in [1.82, 2.24) is 10.4 Å². The van der Waals surface area contributed by atoms with Crippen LogP contribution >= 0.6 is 21.6 Å². The Morgan fingerprint density at radius 2 is 1.93 bits per heavy atom. The van der Waals surface area contributed by atoms with Gasteiger partial charge in [0.05, 0.1) is 11.8 Å². The monoisotopic (exact) mass is 462 g/mol. The molecule has 1 aliphatic rings. The van der Waals surface area contributed by atoms with E-state index in [4.69, 9.17) is 9.94 Å². The third kappa shape index (κ3) is 7.82. The maximum atomic E-state index is 12.7. The van der Waals surface area contributed by atoms with Crippen molar-refractivity contribution in [3.05, 3.63) is 0 Å². The van der Waals surface area contributed by atoms with E-state index >= 15 is 0 Å². The molecule has 0 aromatic carbocycles. The van der Waals surface area contributed by atoms with Crippen LogP contribution in [0, 0.1) is 5.41 Å². The lowest BCUT2D eigenvalue weighted by molar-refractivity contribution is -0.199. The normalized spacial score (nSPS) is 19.6. The van der Waals surface area contributed by atoms with Crippen molar-refractivity contribution in [3.63, 3.8) is 0 Å². The zero-order valence-corrected chi connectivity index (χ0v) is 19.2. The van der Waals surface area contributed by atoms with E-state index in [1.54, 1.807) is 0 Å². The Labute approximate surface area is 184 Å². The zero-order valence-electron chi connectivity index (χ0n) is 17.6. The molecule has 0 saturated carbocycles. The van der Waals surface area contributed by atoms with Crippen LogP contribution in [0.5, 0.6) is 0 Å². The summed E-state index contributed by atoms with van der Waals surface area (Å²) in [5.41, 5.74) is -0.785. The largest absolute Gasteiger partial charge is 0.480 e. The average molecular weight is 463 g/mol. The molecule has 1 rings (SSSR count). The van der Waals surface area contributed by atoms with Crippen LogP contribution in [0.25, 0.3) is 0 Å². The highest BCUT2D eigenvalue weighted by molar-refractivity contribution is 8.76. The Morgan fingerprint density at radius 3 is 2.50 bits per heavy atom. The third-order valence-electron chi connectivity index (χ3n) is 4.87. The first-order valence-corrected chi connectivity index (χ1v) is 12.5. The number of nitrogens with zero attached hydrogens (tertiary/aromatic N) is 1. The number of hydroxylamine groups is 2. The van der Waals surface area contributed by atoms with Gasteiger partial charge in [-0.2, -0.15) is 0 Å². The van der Waals surface area contributed by atoms with Gasteiger partial charge in [0.2, 0.25) is 5.91 Å². The molecule has 170 valence electrons. The van der Waals surface area contributed by atoms with Crippen LogP contribution in [-0.4, -0.2) is 57.4 Å². The van der Waals surface area contributed by atoms with E-state index in [-0.39, 0.29) is 18.6 Å². The summed E-state index contributed by atoms with van der Waals surface area (Å²) < 4.78 is 0. The molecule has 1 saturated heterocycles. The smallest absolute Gasteiger partial charge is 0.334 e. The van der Waals surface area contributed by atoms with Gasteiger partial charge in [0.1, 0.15) is 6.04 Å². The molecular formula is C19H30N2O7S2. The molecule has 1 fully saturated rings. The lowest BCUT2D eigenvalue weighted by atomic mass is 9.78. The number of hydrogen-bond donors (Lipinski definition) is 2. The molecule has 11 heteroatoms. The summed E-state index contributed by atoms with van der Waals surface area (Å²) in [4.78, 5) is 64.1. The SMILES string of the molecule is CCCCCC1(CC)CC(=O)N(OC(=O)CCSSCC(NC(C)=O)C(=O)O)C1=O. The fraction of sp³-hybridized carbons (Fsp3) is 0.737. The highest BCUT2D eigenvalue weighted by Crippen LogP contribution is 2.41. The predicted molar refractivity (Wildman–Crippen MR) is 114 cm³/mol. The van der Waals surface area contributed by atoms with Gasteiger partial charge in [0.15, 0.2) is 0 Å². The second-order valence-corrected chi connectivity index (χ2v) is 9.80. The van der Waals surface area contributed by atoms with Crippen molar-refractivity contribution in [1.29, 1.82) is 0 Å². The van der Waals surface area contributed by atoms with Crippen LogP contribution in [0.4, 0.5) is 0 Å². The number of hydrogen-bond acceptors (Lipinski definition) is 8. The van der Waals surface area contributed by atoms with Crippen LogP contribution < -0.4 is 5.32 Å². The molecular weight excluding hydrogens is 432 g/mol. The number of imide groups is 1. The van der Waals surface area contributed by atoms with E-state index in [9.17, 15) is 24.0 Å². The number of rotatable bonds is 14. The van der Waals surface area contributed by atoms with Crippen LogP contribution in [0.15, 0.2) is 0 Å². The maximum absolute atomic E-state index is 12.7. The van der Waals surface area contributed by atoms with E-state index in [0.717, 1.165) is 19.3 Å². The van der Waals surface area contributed by atoms with Crippen molar-refractivity contribution < 1.29 is 33.9 Å². The predicted octanol–water partition coefficient (Wildman–Crippen LogP) is 2.54. The Hall–Kier alpha value is -1.75. The minimum absolute atomic E-state index is 0.0401. The van der Waals surface area contributed by atoms with E-state index in [1.807, 2.05) is 6.92 Å². The number of unbranched alkanes of at least 4 members (excludes halogenated alkanes) is 2. The van der Waals surface area contributed by atoms with Crippen molar-refractivity contribution in [2.45, 2.75) is 71.8 Å². The molecule has 2 N–H and O–H groups in total. The molecule has 2 unspecified atom stereocenters. The van der Waals surface area contributed by atoms with E-state index in [1.165, 1.54) is 28.5 Å². The number of amides is 3. The first kappa shape index (κ1) is 26.3. The average Bonchev–Trinajstić information content (AvgIpc) is 2.91. The minimum atomic E-state index is -1.14. The Balaban J connectivity index is 2.44. The van der Waals surface area contributed by atoms with Crippen LogP contribution in [0.3, 0.4) is 0 Å². The van der Waals surface area contributed by atoms with Gasteiger partial charge in [-0.25, -0.2) is 9.59 Å². The number of carboxylic acid groups (broad SMARTS) is 1. The van der Waals surface area contributed by atoms with E-state index in [2.05, 4.69) is 12.2 Å². The Bertz CT molecular complexity index is 659. The summed E-state index contributed by atoms with van der Waals surface area (Å²) >= 11 is 0. The van der Waals surface area contributed by atoms with Gasteiger partial charge in [-0.05, 0) is 12.8 Å². The summed E-state index contributed by atoms with van der Waals surface area (Å²) in [5, 5.41) is 12.0. The molecule has 9 nitrogen and oxygen atoms in total. The molecule has 1 aliphatic heterocycles. The highest BCUT2D eigenvalue weighted by Gasteiger charge is 2.52. The molecule has 0 bridgehead atoms. The van der Waals surface area contributed by atoms with Crippen LogP contribution in [0.2, 0.25) is 0 Å². The van der Waals surface area contributed by atoms with Gasteiger partial charge in [-0.1, -0.05) is 54.7 Å². The van der Waals surface area contributed by atoms with Crippen molar-refractivity contribution in [2.75, 3.05) is 11.5 Å². The van der Waals surface area contributed by atoms with Gasteiger partial charge in [0.25, 0.3) is 11.8 Å². The van der Waals surface area contributed by atoms with Crippen LogP contribution in [-0.2, 0) is 28.8 Å². The number of carbonyl (C=O) groups excluding carboxylic acids is 4. The number of nitrogens with one attached hydrogen (secondary N) is 1. The molecule has 0 aromatic heterocycles. The van der Waals surface area contributed by atoms with E-state index < -0.39 is 41.1 Å². The molecule has 30 heavy (non-hydrogen) atoms. The van der Waals surface area contributed by atoms with Crippen LogP contribution in [0.1, 0.15) is 65.7 Å². The van der Waals surface area contributed by atoms with Gasteiger partial charge in [0, 0.05) is 24.9 Å². The third-order valence-corrected chi connectivity index (χ3v) is 7.28. The quantitative estimate of drug-likeness (QED) is 0.227. The summed E-state index contributed by atoms with van der Waals surface area (Å²) in [6.07, 6.45) is 3.96. The summed E-state index contributed by atoms with van der Waals surface area (Å²) in [5.74, 6) is -2.76. The fourth-order valence-electron chi connectivity index (χ4n) is 3.09. The highest BCUT2D eigenvalue weighted by atomic mass is 33.1. The summed E-state index contributed by atoms with van der Waals surface area (Å²) in [6, 6.07) is -1.01. The first-order valence-electron chi connectivity index (χ1n) is 9.99. The van der Waals surface area contributed by atoms with Crippen molar-refractivity contribution in [2.24, 2.45) is 5.41 Å². The molecule has 0 spiro atoms. The molecule has 1 heterocycles. The molecule has 3 amide bonds. The summed E-state index contributed by atoms with van der Waals surface area (Å²) in [7, 11) is 2.44. The lowest BCUT2D eigenvalue weighted by Crippen LogP contribution is -2.41. The number of carbonyl (C=O) groups is 5. The number of carboxylic acids is 1. The zero-order chi connectivity index (χ0) is 22.7. The van der Waals surface area contributed by atoms with E-state index in [0.29, 0.717) is 23.7 Å². The fourth-order valence-corrected chi connectivity index (χ4v) is 5.21. The standard InChI is InChI=1S/C19H30N2O7S2/c1-4-6-7-9-19(5-2)11-15(23)21(18(19)27)28-16(24)8-10-29-30-12-14(17(25)26)20-13(3)22/h14H,4-12H2,1-3H3,(H,20,22)(H,25,26). The van der Waals surface area contributed by atoms with Crippen molar-refractivity contribution >= 4 is 51.2 Å². The van der Waals surface area contributed by atoms with Gasteiger partial charge >= 0.3 is 11.9 Å². The Kier molecular flexibility index (Phi) is 11.2. The summed E-state index contributed by atoms with van der Waals surface area (Å²) in [6.45, 7) is 5.16. The lowest BCUT2D eigenvalue weighted by Gasteiger charge is -2.24. The van der Waals surface area contributed by atoms with Crippen molar-refractivity contribution in [3.8, 4) is 0 Å². The molecule has 0 aliphatic carbocycles. The topological polar surface area (TPSA) is 130 Å². The first-order chi connectivity index (χ1) is 14.2. The second kappa shape index (κ2) is 12.8. The number of aliphatic carboxylic acids is 1. The second-order valence-electron chi connectivity index (χ2n) is 7.17. The van der Waals surface area contributed by atoms with Gasteiger partial charge in [-0.15, -0.1) is 5.06 Å². The molecule has 0 radical (unpaired) electrons. The maximum Gasteiger partial charge on any atom is 0.334 e. The van der Waals surface area contributed by atoms with Gasteiger partial charge in [-0.3, -0.25) is 14.4 Å². The van der Waals surface area contributed by atoms with Gasteiger partial charge < -0.3 is 15.3 Å². The Morgan fingerprint density at radius 1 is 1.23 bits per heavy atom. The molecule has 2 atom stereocenters. The minimum Gasteiger partial charge on any atom is -0.480 e. The molecule has 0 aromatic rings.